The molecular weight excluding hydrogens is 697 g/mol. The highest BCUT2D eigenvalue weighted by Crippen LogP contribution is 2.55. The first-order valence-corrected chi connectivity index (χ1v) is 20.0. The fourth-order valence-electron chi connectivity index (χ4n) is 9.38. The van der Waals surface area contributed by atoms with E-state index in [4.69, 9.17) is 14.2 Å². The third kappa shape index (κ3) is 6.77. The first-order chi connectivity index (χ1) is 26.4. The Morgan fingerprint density at radius 1 is 0.643 bits per heavy atom. The van der Waals surface area contributed by atoms with Gasteiger partial charge in [0.2, 0.25) is 0 Å². The van der Waals surface area contributed by atoms with Crippen LogP contribution in [0.1, 0.15) is 144 Å². The standard InChI is InChI=1S/C48H56N4O4/c1-30(53)56-44-34(26-38-42-40(44)48(8,9)18-22-52(42)20-16-46(38,4)5)14-12-32-24-35(27-49)31(23-36(32)28-50)11-13-33-25-37-41-39(43(33)55-29-54-10)47(6,7)17-21-51(41)19-15-45(37,2)3/h11-14,23-26H,15-22,29H2,1-10H3/b13-11+,14-12+. The molecule has 4 aliphatic rings. The maximum atomic E-state index is 12.6. The Bertz CT molecular complexity index is 2260. The van der Waals surface area contributed by atoms with Crippen LogP contribution in [0.15, 0.2) is 24.3 Å². The number of ether oxygens (including phenoxy) is 3. The van der Waals surface area contributed by atoms with Crippen molar-refractivity contribution >= 4 is 41.6 Å². The summed E-state index contributed by atoms with van der Waals surface area (Å²) in [6.07, 6.45) is 11.8. The van der Waals surface area contributed by atoms with E-state index in [1.807, 2.05) is 24.3 Å². The Labute approximate surface area is 333 Å². The molecule has 0 bridgehead atoms. The van der Waals surface area contributed by atoms with Gasteiger partial charge in [0, 0.05) is 73.8 Å². The molecular formula is C48H56N4O4. The summed E-state index contributed by atoms with van der Waals surface area (Å²) < 4.78 is 17.9. The van der Waals surface area contributed by atoms with Crippen molar-refractivity contribution in [3.63, 3.8) is 0 Å². The summed E-state index contributed by atoms with van der Waals surface area (Å²) >= 11 is 0. The molecule has 0 N–H and O–H groups in total. The lowest BCUT2D eigenvalue weighted by Crippen LogP contribution is -2.45. The third-order valence-electron chi connectivity index (χ3n) is 12.9. The SMILES string of the molecule is COCOc1c(/C=C/c2cc(C#N)c(/C=C/c3cc4c5c(c3OC(C)=O)C(C)(C)CCN5CCC4(C)C)cc2C#N)cc2c3c1C(C)(C)CCN3CCC2(C)C. The van der Waals surface area contributed by atoms with Crippen molar-refractivity contribution in [1.29, 1.82) is 10.5 Å². The van der Waals surface area contributed by atoms with Gasteiger partial charge in [0.15, 0.2) is 6.79 Å². The van der Waals surface area contributed by atoms with E-state index in [-0.39, 0.29) is 34.4 Å². The molecule has 8 heteroatoms. The summed E-state index contributed by atoms with van der Waals surface area (Å²) in [6, 6.07) is 12.7. The number of rotatable bonds is 8. The Balaban J connectivity index is 1.33. The summed E-state index contributed by atoms with van der Waals surface area (Å²) in [4.78, 5) is 17.6. The van der Waals surface area contributed by atoms with Crippen molar-refractivity contribution in [3.05, 3.63) is 79.9 Å². The molecule has 0 aliphatic carbocycles. The largest absolute Gasteiger partial charge is 0.467 e. The topological polar surface area (TPSA) is 98.8 Å². The third-order valence-corrected chi connectivity index (χ3v) is 12.9. The zero-order valence-corrected chi connectivity index (χ0v) is 34.9. The van der Waals surface area contributed by atoms with Gasteiger partial charge in [0.25, 0.3) is 0 Å². The highest BCUT2D eigenvalue weighted by Gasteiger charge is 2.44. The van der Waals surface area contributed by atoms with Crippen molar-refractivity contribution in [2.75, 3.05) is 49.9 Å². The number of carbonyl (C=O) groups excluding carboxylic acids is 1. The minimum Gasteiger partial charge on any atom is -0.467 e. The van der Waals surface area contributed by atoms with E-state index in [9.17, 15) is 15.3 Å². The van der Waals surface area contributed by atoms with Crippen LogP contribution in [0, 0.1) is 22.7 Å². The van der Waals surface area contributed by atoms with Gasteiger partial charge in [-0.05, 0) is 93.9 Å². The van der Waals surface area contributed by atoms with Gasteiger partial charge in [-0.15, -0.1) is 0 Å². The van der Waals surface area contributed by atoms with Crippen molar-refractivity contribution < 1.29 is 19.0 Å². The van der Waals surface area contributed by atoms with Gasteiger partial charge in [-0.2, -0.15) is 10.5 Å². The molecule has 8 nitrogen and oxygen atoms in total. The minimum absolute atomic E-state index is 0.0217. The Kier molecular flexibility index (Phi) is 9.91. The van der Waals surface area contributed by atoms with Gasteiger partial charge < -0.3 is 24.0 Å². The number of benzene rings is 3. The number of hydrogen-bond donors (Lipinski definition) is 0. The van der Waals surface area contributed by atoms with Crippen LogP contribution >= 0.6 is 0 Å². The van der Waals surface area contributed by atoms with Gasteiger partial charge in [-0.25, -0.2) is 0 Å². The van der Waals surface area contributed by atoms with Crippen LogP contribution in [-0.4, -0.2) is 46.1 Å². The monoisotopic (exact) mass is 752 g/mol. The molecule has 292 valence electrons. The van der Waals surface area contributed by atoms with Crippen LogP contribution in [0.2, 0.25) is 0 Å². The molecule has 0 radical (unpaired) electrons. The number of esters is 1. The van der Waals surface area contributed by atoms with Crippen molar-refractivity contribution in [2.45, 2.75) is 110 Å². The summed E-state index contributed by atoms with van der Waals surface area (Å²) in [6.45, 7) is 23.7. The molecule has 0 unspecified atom stereocenters. The smallest absolute Gasteiger partial charge is 0.308 e. The Morgan fingerprint density at radius 3 is 1.45 bits per heavy atom. The first kappa shape index (κ1) is 39.2. The summed E-state index contributed by atoms with van der Waals surface area (Å²) in [5.41, 5.74) is 10.7. The zero-order valence-electron chi connectivity index (χ0n) is 34.9. The number of methoxy groups -OCH3 is 1. The second kappa shape index (κ2) is 14.2. The maximum absolute atomic E-state index is 12.6. The van der Waals surface area contributed by atoms with Crippen LogP contribution < -0.4 is 19.3 Å². The maximum Gasteiger partial charge on any atom is 0.308 e. The lowest BCUT2D eigenvalue weighted by molar-refractivity contribution is -0.132. The van der Waals surface area contributed by atoms with Gasteiger partial charge in [0.05, 0.1) is 23.3 Å². The van der Waals surface area contributed by atoms with Gasteiger partial charge in [-0.3, -0.25) is 4.79 Å². The summed E-state index contributed by atoms with van der Waals surface area (Å²) in [7, 11) is 1.63. The van der Waals surface area contributed by atoms with Crippen molar-refractivity contribution in [2.24, 2.45) is 0 Å². The fourth-order valence-corrected chi connectivity index (χ4v) is 9.38. The number of carbonyl (C=O) groups is 1. The molecule has 0 amide bonds. The van der Waals surface area contributed by atoms with Gasteiger partial charge in [-0.1, -0.05) is 79.7 Å². The quantitative estimate of drug-likeness (QED) is 0.0971. The lowest BCUT2D eigenvalue weighted by Gasteiger charge is -2.48. The molecule has 56 heavy (non-hydrogen) atoms. The van der Waals surface area contributed by atoms with Crippen LogP contribution in [0.4, 0.5) is 11.4 Å². The molecule has 3 aromatic carbocycles. The number of hydrogen-bond acceptors (Lipinski definition) is 8. The van der Waals surface area contributed by atoms with E-state index in [0.29, 0.717) is 28.0 Å². The molecule has 4 aliphatic heterocycles. The molecule has 0 spiro atoms. The molecule has 0 aromatic heterocycles. The van der Waals surface area contributed by atoms with E-state index in [1.165, 1.54) is 35.0 Å². The van der Waals surface area contributed by atoms with Gasteiger partial charge >= 0.3 is 5.97 Å². The lowest BCUT2D eigenvalue weighted by atomic mass is 9.68. The highest BCUT2D eigenvalue weighted by atomic mass is 16.7. The average Bonchev–Trinajstić information content (AvgIpc) is 3.13. The average molecular weight is 753 g/mol. The first-order valence-electron chi connectivity index (χ1n) is 20.0. The van der Waals surface area contributed by atoms with E-state index >= 15 is 0 Å². The van der Waals surface area contributed by atoms with E-state index < -0.39 is 0 Å². The predicted octanol–water partition coefficient (Wildman–Crippen LogP) is 10.0. The Hall–Kier alpha value is -5.05. The summed E-state index contributed by atoms with van der Waals surface area (Å²) in [5.74, 6) is 1.00. The minimum atomic E-state index is -0.372. The zero-order chi connectivity index (χ0) is 40.4. The van der Waals surface area contributed by atoms with Crippen LogP contribution in [-0.2, 0) is 31.2 Å². The normalized spacial score (nSPS) is 19.6. The molecule has 0 saturated carbocycles. The predicted molar refractivity (Wildman–Crippen MR) is 225 cm³/mol. The van der Waals surface area contributed by atoms with Crippen molar-refractivity contribution in [3.8, 4) is 23.6 Å². The molecule has 0 saturated heterocycles. The molecule has 0 atom stereocenters. The highest BCUT2D eigenvalue weighted by molar-refractivity contribution is 5.86. The van der Waals surface area contributed by atoms with Gasteiger partial charge in [0.1, 0.15) is 11.5 Å². The second-order valence-electron chi connectivity index (χ2n) is 18.7. The Morgan fingerprint density at radius 2 is 1.04 bits per heavy atom. The van der Waals surface area contributed by atoms with Crippen LogP contribution in [0.5, 0.6) is 11.5 Å². The van der Waals surface area contributed by atoms with E-state index in [2.05, 4.69) is 89.5 Å². The molecule has 3 aromatic rings. The van der Waals surface area contributed by atoms with E-state index in [1.54, 1.807) is 19.2 Å². The number of anilines is 2. The van der Waals surface area contributed by atoms with E-state index in [0.717, 1.165) is 74.3 Å². The number of nitriles is 2. The molecule has 0 fully saturated rings. The summed E-state index contributed by atoms with van der Waals surface area (Å²) in [5, 5.41) is 20.9. The molecule has 4 heterocycles. The van der Waals surface area contributed by atoms with Crippen molar-refractivity contribution in [1.82, 2.24) is 0 Å². The fraction of sp³-hybridized carbons (Fsp3) is 0.479. The van der Waals surface area contributed by atoms with Crippen LogP contribution in [0.3, 0.4) is 0 Å². The van der Waals surface area contributed by atoms with Crippen LogP contribution in [0.25, 0.3) is 24.3 Å². The second-order valence-corrected chi connectivity index (χ2v) is 18.7. The molecule has 7 rings (SSSR count). The number of nitrogens with zero attached hydrogens (tertiary/aromatic N) is 4.